The molecule has 0 aliphatic rings. The highest BCUT2D eigenvalue weighted by Gasteiger charge is 2.06. The van der Waals surface area contributed by atoms with Gasteiger partial charge in [-0.1, -0.05) is 18.2 Å². The third-order valence-corrected chi connectivity index (χ3v) is 3.59. The SMILES string of the molecule is C=CCSCCNC(C)c1ccc(C)c(F)c1. The molecule has 0 amide bonds. The first-order valence-corrected chi connectivity index (χ1v) is 6.98. The van der Waals surface area contributed by atoms with E-state index < -0.39 is 0 Å². The van der Waals surface area contributed by atoms with Crippen molar-refractivity contribution < 1.29 is 4.39 Å². The van der Waals surface area contributed by atoms with Gasteiger partial charge in [-0.15, -0.1) is 6.58 Å². The van der Waals surface area contributed by atoms with E-state index in [1.807, 2.05) is 30.0 Å². The Labute approximate surface area is 107 Å². The average Bonchev–Trinajstić information content (AvgIpc) is 2.32. The smallest absolute Gasteiger partial charge is 0.126 e. The zero-order chi connectivity index (χ0) is 12.7. The van der Waals surface area contributed by atoms with Crippen LogP contribution in [0.5, 0.6) is 0 Å². The third kappa shape index (κ3) is 4.92. The van der Waals surface area contributed by atoms with Gasteiger partial charge in [0.25, 0.3) is 0 Å². The lowest BCUT2D eigenvalue weighted by Gasteiger charge is -2.14. The number of nitrogens with one attached hydrogen (secondary N) is 1. The number of hydrogen-bond acceptors (Lipinski definition) is 2. The van der Waals surface area contributed by atoms with Crippen molar-refractivity contribution in [2.75, 3.05) is 18.1 Å². The fourth-order valence-corrected chi connectivity index (χ4v) is 2.11. The van der Waals surface area contributed by atoms with Crippen LogP contribution in [-0.2, 0) is 0 Å². The van der Waals surface area contributed by atoms with E-state index in [0.717, 1.165) is 23.6 Å². The molecule has 0 aliphatic carbocycles. The normalized spacial score (nSPS) is 12.4. The highest BCUT2D eigenvalue weighted by atomic mass is 32.2. The van der Waals surface area contributed by atoms with Gasteiger partial charge in [0.05, 0.1) is 0 Å². The molecule has 0 spiro atoms. The van der Waals surface area contributed by atoms with E-state index in [4.69, 9.17) is 0 Å². The Bertz CT molecular complexity index is 365. The topological polar surface area (TPSA) is 12.0 Å². The predicted octanol–water partition coefficient (Wildman–Crippen LogP) is 3.70. The second kappa shape index (κ2) is 7.51. The highest BCUT2D eigenvalue weighted by Crippen LogP contribution is 2.16. The van der Waals surface area contributed by atoms with Crippen molar-refractivity contribution in [2.45, 2.75) is 19.9 Å². The van der Waals surface area contributed by atoms with Crippen LogP contribution in [0.4, 0.5) is 4.39 Å². The van der Waals surface area contributed by atoms with E-state index in [1.54, 1.807) is 13.0 Å². The molecule has 1 aromatic carbocycles. The molecule has 0 bridgehead atoms. The summed E-state index contributed by atoms with van der Waals surface area (Å²) in [7, 11) is 0. The lowest BCUT2D eigenvalue weighted by molar-refractivity contribution is 0.582. The summed E-state index contributed by atoms with van der Waals surface area (Å²) >= 11 is 1.84. The summed E-state index contributed by atoms with van der Waals surface area (Å²) in [6, 6.07) is 5.61. The van der Waals surface area contributed by atoms with Crippen molar-refractivity contribution in [2.24, 2.45) is 0 Å². The van der Waals surface area contributed by atoms with Crippen molar-refractivity contribution in [1.29, 1.82) is 0 Å². The Hall–Kier alpha value is -0.800. The first-order valence-electron chi connectivity index (χ1n) is 5.83. The second-order valence-corrected chi connectivity index (χ2v) is 5.20. The van der Waals surface area contributed by atoms with Crippen molar-refractivity contribution in [3.63, 3.8) is 0 Å². The van der Waals surface area contributed by atoms with Crippen LogP contribution in [0.2, 0.25) is 0 Å². The molecule has 0 heterocycles. The van der Waals surface area contributed by atoms with E-state index in [9.17, 15) is 4.39 Å². The van der Waals surface area contributed by atoms with Gasteiger partial charge in [0, 0.05) is 24.1 Å². The van der Waals surface area contributed by atoms with Crippen LogP contribution in [0, 0.1) is 12.7 Å². The van der Waals surface area contributed by atoms with Gasteiger partial charge in [-0.2, -0.15) is 11.8 Å². The molecule has 1 unspecified atom stereocenters. The molecule has 1 N–H and O–H groups in total. The molecule has 0 fully saturated rings. The minimum Gasteiger partial charge on any atom is -0.309 e. The molecule has 1 aromatic rings. The van der Waals surface area contributed by atoms with Gasteiger partial charge >= 0.3 is 0 Å². The largest absolute Gasteiger partial charge is 0.309 e. The van der Waals surface area contributed by atoms with Crippen LogP contribution < -0.4 is 5.32 Å². The van der Waals surface area contributed by atoms with Gasteiger partial charge in [-0.3, -0.25) is 0 Å². The standard InChI is InChI=1S/C14H20FNS/c1-4-8-17-9-7-16-12(3)13-6-5-11(2)14(15)10-13/h4-6,10,12,16H,1,7-9H2,2-3H3. The molecule has 94 valence electrons. The molecule has 1 rings (SSSR count). The molecular weight excluding hydrogens is 233 g/mol. The van der Waals surface area contributed by atoms with Gasteiger partial charge in [0.15, 0.2) is 0 Å². The summed E-state index contributed by atoms with van der Waals surface area (Å²) in [4.78, 5) is 0. The maximum atomic E-state index is 13.4. The van der Waals surface area contributed by atoms with Gasteiger partial charge in [-0.05, 0) is 31.0 Å². The average molecular weight is 253 g/mol. The van der Waals surface area contributed by atoms with E-state index in [-0.39, 0.29) is 11.9 Å². The first-order chi connectivity index (χ1) is 8.15. The van der Waals surface area contributed by atoms with Gasteiger partial charge in [0.2, 0.25) is 0 Å². The van der Waals surface area contributed by atoms with E-state index in [2.05, 4.69) is 18.8 Å². The zero-order valence-electron chi connectivity index (χ0n) is 10.5. The third-order valence-electron chi connectivity index (χ3n) is 2.63. The van der Waals surface area contributed by atoms with Crippen LogP contribution in [0.15, 0.2) is 30.9 Å². The number of benzene rings is 1. The molecule has 0 radical (unpaired) electrons. The van der Waals surface area contributed by atoms with E-state index in [0.29, 0.717) is 5.56 Å². The van der Waals surface area contributed by atoms with Crippen LogP contribution in [-0.4, -0.2) is 18.1 Å². The Morgan fingerprint density at radius 1 is 1.53 bits per heavy atom. The molecule has 0 aromatic heterocycles. The lowest BCUT2D eigenvalue weighted by atomic mass is 10.1. The Kier molecular flexibility index (Phi) is 6.30. The number of thioether (sulfide) groups is 1. The van der Waals surface area contributed by atoms with E-state index >= 15 is 0 Å². The number of halogens is 1. The summed E-state index contributed by atoms with van der Waals surface area (Å²) in [6.45, 7) is 8.44. The Morgan fingerprint density at radius 2 is 2.29 bits per heavy atom. The molecule has 1 atom stereocenters. The summed E-state index contributed by atoms with van der Waals surface area (Å²) in [6.07, 6.45) is 1.91. The minimum absolute atomic E-state index is 0.128. The molecule has 0 aliphatic heterocycles. The fraction of sp³-hybridized carbons (Fsp3) is 0.429. The Balaban J connectivity index is 2.38. The van der Waals surface area contributed by atoms with Gasteiger partial charge in [-0.25, -0.2) is 4.39 Å². The molecule has 1 nitrogen and oxygen atoms in total. The van der Waals surface area contributed by atoms with Crippen LogP contribution >= 0.6 is 11.8 Å². The second-order valence-electron chi connectivity index (χ2n) is 4.05. The van der Waals surface area contributed by atoms with Crippen LogP contribution in [0.25, 0.3) is 0 Å². The van der Waals surface area contributed by atoms with Crippen molar-refractivity contribution in [1.82, 2.24) is 5.32 Å². The monoisotopic (exact) mass is 253 g/mol. The maximum Gasteiger partial charge on any atom is 0.126 e. The highest BCUT2D eigenvalue weighted by molar-refractivity contribution is 7.99. The van der Waals surface area contributed by atoms with Crippen molar-refractivity contribution in [3.8, 4) is 0 Å². The van der Waals surface area contributed by atoms with Gasteiger partial charge in [0.1, 0.15) is 5.82 Å². The summed E-state index contributed by atoms with van der Waals surface area (Å²) in [5.41, 5.74) is 1.70. The Morgan fingerprint density at radius 3 is 2.94 bits per heavy atom. The molecule has 3 heteroatoms. The minimum atomic E-state index is -0.128. The summed E-state index contributed by atoms with van der Waals surface area (Å²) in [5.74, 6) is 1.90. The van der Waals surface area contributed by atoms with E-state index in [1.165, 1.54) is 0 Å². The fourth-order valence-electron chi connectivity index (χ4n) is 1.51. The number of hydrogen-bond donors (Lipinski definition) is 1. The quantitative estimate of drug-likeness (QED) is 0.587. The van der Waals surface area contributed by atoms with Crippen molar-refractivity contribution in [3.05, 3.63) is 47.8 Å². The van der Waals surface area contributed by atoms with Crippen LogP contribution in [0.3, 0.4) is 0 Å². The zero-order valence-corrected chi connectivity index (χ0v) is 11.3. The summed E-state index contributed by atoms with van der Waals surface area (Å²) < 4.78 is 13.4. The molecule has 0 saturated carbocycles. The number of aryl methyl sites for hydroxylation is 1. The predicted molar refractivity (Wildman–Crippen MR) is 75.1 cm³/mol. The number of rotatable bonds is 7. The molecular formula is C14H20FNS. The summed E-state index contributed by atoms with van der Waals surface area (Å²) in [5, 5.41) is 3.38. The molecule has 17 heavy (non-hydrogen) atoms. The van der Waals surface area contributed by atoms with Crippen molar-refractivity contribution >= 4 is 11.8 Å². The lowest BCUT2D eigenvalue weighted by Crippen LogP contribution is -2.21. The van der Waals surface area contributed by atoms with Gasteiger partial charge < -0.3 is 5.32 Å². The first kappa shape index (κ1) is 14.3. The maximum absolute atomic E-state index is 13.4. The van der Waals surface area contributed by atoms with Crippen LogP contribution in [0.1, 0.15) is 24.1 Å². The molecule has 0 saturated heterocycles.